The van der Waals surface area contributed by atoms with Gasteiger partial charge in [0.15, 0.2) is 0 Å². The average molecular weight is 616 g/mol. The number of β-amino-alcohol motifs (C(OH)–C–C–N with tert-alkyl or cyclic N) is 1. The molecule has 1 aromatic heterocycles. The van der Waals surface area contributed by atoms with E-state index in [1.54, 1.807) is 16.2 Å². The normalized spacial score (nSPS) is 17.5. The summed E-state index contributed by atoms with van der Waals surface area (Å²) in [7, 11) is 0. The van der Waals surface area contributed by atoms with Crippen LogP contribution in [0.1, 0.15) is 85.4 Å². The Labute approximate surface area is 260 Å². The molecule has 1 aliphatic heterocycles. The zero-order valence-corrected chi connectivity index (χ0v) is 27.7. The van der Waals surface area contributed by atoms with Crippen LogP contribution in [0.5, 0.6) is 0 Å². The number of nitrogens with two attached hydrogens (primary N) is 1. The maximum Gasteiger partial charge on any atom is 0.237 e. The molecule has 2 atom stereocenters. The van der Waals surface area contributed by atoms with Gasteiger partial charge < -0.3 is 25.3 Å². The van der Waals surface area contributed by atoms with Gasteiger partial charge in [-0.2, -0.15) is 5.26 Å². The van der Waals surface area contributed by atoms with Crippen LogP contribution < -0.4 is 11.1 Å². The van der Waals surface area contributed by atoms with E-state index in [9.17, 15) is 19.5 Å². The van der Waals surface area contributed by atoms with Crippen LogP contribution in [0.2, 0.25) is 0 Å². The number of carbonyl (C=O) groups excluding carboxylic acids is 4. The summed E-state index contributed by atoms with van der Waals surface area (Å²) in [5, 5.41) is 21.8. The van der Waals surface area contributed by atoms with E-state index in [1.807, 2.05) is 39.1 Å². The topological polar surface area (TPSA) is 166 Å². The number of ketones is 1. The van der Waals surface area contributed by atoms with Crippen LogP contribution in [-0.2, 0) is 25.7 Å². The molecular weight excluding hydrogens is 566 g/mol. The summed E-state index contributed by atoms with van der Waals surface area (Å²) in [5.41, 5.74) is 9.32. The van der Waals surface area contributed by atoms with Gasteiger partial charge in [0.05, 0.1) is 34.4 Å². The van der Waals surface area contributed by atoms with Crippen molar-refractivity contribution in [2.75, 3.05) is 6.54 Å². The number of benzene rings is 1. The van der Waals surface area contributed by atoms with Crippen molar-refractivity contribution in [2.24, 2.45) is 16.6 Å². The molecule has 0 bridgehead atoms. The summed E-state index contributed by atoms with van der Waals surface area (Å²) < 4.78 is 0. The van der Waals surface area contributed by atoms with Gasteiger partial charge in [-0.25, -0.2) is 4.98 Å². The maximum atomic E-state index is 12.6. The lowest BCUT2D eigenvalue weighted by Gasteiger charge is -2.28. The van der Waals surface area contributed by atoms with Crippen molar-refractivity contribution in [3.63, 3.8) is 0 Å². The number of amides is 2. The standard InChI is InChI=1S/C21H29N3O2S.C5H6N2O.C3H6O.C2H6.CH2O/c1-14-20(27-13-23-14)16-7-5-15(6-8-16)11-22-18-9-17(25)12-24(18)19(26)10-21(2,3)4;6-3-5(1-2-5)4(7)8;1-3(2)4;2*1-2/h5-8,13,17-18,22,25H,9-12H2,1-4H3;1-2H2,(H2,7,8);1-2H3;1-2H3;1H2. The van der Waals surface area contributed by atoms with Crippen LogP contribution in [0.15, 0.2) is 29.8 Å². The number of nitrogens with one attached hydrogen (secondary N) is 1. The predicted octanol–water partition coefficient (Wildman–Crippen LogP) is 4.78. The molecule has 10 nitrogen and oxygen atoms in total. The van der Waals surface area contributed by atoms with E-state index < -0.39 is 17.4 Å². The number of likely N-dealkylation sites (tertiary alicyclic amines) is 1. The first-order chi connectivity index (χ1) is 20.2. The highest BCUT2D eigenvalue weighted by molar-refractivity contribution is 7.13. The third-order valence-electron chi connectivity index (χ3n) is 6.22. The summed E-state index contributed by atoms with van der Waals surface area (Å²) >= 11 is 1.65. The first-order valence-electron chi connectivity index (χ1n) is 14.3. The minimum absolute atomic E-state index is 0.0558. The fourth-order valence-corrected chi connectivity index (χ4v) is 4.78. The average Bonchev–Trinajstić information content (AvgIpc) is 3.51. The van der Waals surface area contributed by atoms with E-state index in [0.29, 0.717) is 38.8 Å². The van der Waals surface area contributed by atoms with Crippen molar-refractivity contribution in [1.82, 2.24) is 15.2 Å². The number of rotatable bonds is 6. The van der Waals surface area contributed by atoms with Crippen molar-refractivity contribution in [3.05, 3.63) is 41.0 Å². The summed E-state index contributed by atoms with van der Waals surface area (Å²) in [6.45, 7) is 18.3. The number of carbonyl (C=O) groups is 4. The number of aliphatic hydroxyl groups is 1. The van der Waals surface area contributed by atoms with E-state index in [0.717, 1.165) is 11.3 Å². The second-order valence-corrected chi connectivity index (χ2v) is 12.4. The summed E-state index contributed by atoms with van der Waals surface area (Å²) in [6, 6.07) is 10.3. The van der Waals surface area contributed by atoms with Gasteiger partial charge >= 0.3 is 0 Å². The number of thiazole rings is 1. The molecule has 2 unspecified atom stereocenters. The van der Waals surface area contributed by atoms with Crippen molar-refractivity contribution in [1.29, 1.82) is 5.26 Å². The Kier molecular flexibility index (Phi) is 17.4. The number of Topliss-reactive ketones (excluding diaryl/α,β-unsaturated/α-hetero) is 1. The quantitative estimate of drug-likeness (QED) is 0.418. The number of hydrogen-bond acceptors (Lipinski definition) is 9. The first-order valence-corrected chi connectivity index (χ1v) is 15.2. The SMILES string of the molecule is C=O.CC.CC(C)=O.Cc1ncsc1-c1ccc(CNC2CC(O)CN2C(=O)CC(C)(C)C)cc1.N#CC1(C(N)=O)CC1. The van der Waals surface area contributed by atoms with Crippen LogP contribution in [0.3, 0.4) is 0 Å². The Morgan fingerprint density at radius 1 is 1.19 bits per heavy atom. The third-order valence-corrected chi connectivity index (χ3v) is 7.20. The van der Waals surface area contributed by atoms with Gasteiger partial charge in [-0.1, -0.05) is 58.9 Å². The van der Waals surface area contributed by atoms with E-state index in [4.69, 9.17) is 15.8 Å². The maximum absolute atomic E-state index is 12.6. The number of nitriles is 1. The lowest BCUT2D eigenvalue weighted by Crippen LogP contribution is -2.45. The molecule has 1 saturated heterocycles. The minimum atomic E-state index is -0.764. The molecule has 2 aromatic rings. The fraction of sp³-hybridized carbons (Fsp3) is 0.562. The van der Waals surface area contributed by atoms with E-state index >= 15 is 0 Å². The summed E-state index contributed by atoms with van der Waals surface area (Å²) in [4.78, 5) is 47.7. The van der Waals surface area contributed by atoms with Gasteiger partial charge in [-0.05, 0) is 50.2 Å². The van der Waals surface area contributed by atoms with Crippen molar-refractivity contribution in [3.8, 4) is 16.5 Å². The first kappa shape index (κ1) is 39.5. The molecule has 1 aliphatic carbocycles. The third kappa shape index (κ3) is 14.0. The molecule has 43 heavy (non-hydrogen) atoms. The largest absolute Gasteiger partial charge is 0.391 e. The number of aryl methyl sites for hydroxylation is 1. The molecule has 0 spiro atoms. The van der Waals surface area contributed by atoms with Crippen molar-refractivity contribution < 1.29 is 24.3 Å². The van der Waals surface area contributed by atoms with Crippen molar-refractivity contribution in [2.45, 2.75) is 99.9 Å². The monoisotopic (exact) mass is 615 g/mol. The molecule has 4 rings (SSSR count). The van der Waals surface area contributed by atoms with Gasteiger partial charge in [0, 0.05) is 25.9 Å². The van der Waals surface area contributed by atoms with E-state index in [-0.39, 0.29) is 23.3 Å². The highest BCUT2D eigenvalue weighted by Crippen LogP contribution is 2.44. The fourth-order valence-electron chi connectivity index (χ4n) is 3.97. The molecule has 1 aromatic carbocycles. The van der Waals surface area contributed by atoms with Crippen LogP contribution in [0.4, 0.5) is 0 Å². The van der Waals surface area contributed by atoms with Gasteiger partial charge in [0.2, 0.25) is 11.8 Å². The molecule has 11 heteroatoms. The highest BCUT2D eigenvalue weighted by atomic mass is 32.1. The molecule has 4 N–H and O–H groups in total. The minimum Gasteiger partial charge on any atom is -0.391 e. The zero-order valence-electron chi connectivity index (χ0n) is 26.9. The Morgan fingerprint density at radius 3 is 2.09 bits per heavy atom. The number of hydrogen-bond donors (Lipinski definition) is 3. The number of aliphatic hydroxyl groups excluding tert-OH is 1. The Balaban J connectivity index is 0.000000910. The number of nitrogens with zero attached hydrogens (tertiary/aromatic N) is 3. The molecule has 0 radical (unpaired) electrons. The van der Waals surface area contributed by atoms with Crippen LogP contribution in [-0.4, -0.2) is 58.2 Å². The molecule has 2 fully saturated rings. The van der Waals surface area contributed by atoms with Crippen molar-refractivity contribution >= 4 is 35.7 Å². The van der Waals surface area contributed by atoms with Gasteiger partial charge in [-0.15, -0.1) is 11.3 Å². The van der Waals surface area contributed by atoms with Gasteiger partial charge in [0.1, 0.15) is 18.0 Å². The zero-order chi connectivity index (χ0) is 33.4. The molecule has 2 heterocycles. The van der Waals surface area contributed by atoms with Crippen LogP contribution >= 0.6 is 11.3 Å². The molecule has 2 aliphatic rings. The number of aromatic nitrogens is 1. The second kappa shape index (κ2) is 18.9. The Bertz CT molecular complexity index is 1190. The summed E-state index contributed by atoms with van der Waals surface area (Å²) in [5.74, 6) is -0.201. The second-order valence-electron chi connectivity index (χ2n) is 11.5. The lowest BCUT2D eigenvalue weighted by molar-refractivity contribution is -0.134. The predicted molar refractivity (Wildman–Crippen MR) is 171 cm³/mol. The molecule has 1 saturated carbocycles. The molecule has 2 amide bonds. The smallest absolute Gasteiger partial charge is 0.237 e. The van der Waals surface area contributed by atoms with Gasteiger partial charge in [0.25, 0.3) is 0 Å². The lowest BCUT2D eigenvalue weighted by atomic mass is 9.91. The highest BCUT2D eigenvalue weighted by Gasteiger charge is 2.49. The van der Waals surface area contributed by atoms with Gasteiger partial charge in [-0.3, -0.25) is 14.9 Å². The Morgan fingerprint density at radius 2 is 1.72 bits per heavy atom. The van der Waals surface area contributed by atoms with Crippen LogP contribution in [0.25, 0.3) is 10.4 Å². The number of primary amides is 1. The van der Waals surface area contributed by atoms with E-state index in [1.165, 1.54) is 24.3 Å². The Hall–Kier alpha value is -3.46. The van der Waals surface area contributed by atoms with E-state index in [2.05, 4.69) is 55.3 Å². The van der Waals surface area contributed by atoms with Crippen LogP contribution in [0, 0.1) is 29.1 Å². The molecule has 238 valence electrons. The molecular formula is C32H49N5O5S. The summed E-state index contributed by atoms with van der Waals surface area (Å²) in [6.07, 6.45) is 1.80.